The summed E-state index contributed by atoms with van der Waals surface area (Å²) >= 11 is 0. The number of nitrogens with zero attached hydrogens (tertiary/aromatic N) is 2. The molecule has 0 heterocycles. The van der Waals surface area contributed by atoms with E-state index in [0.717, 1.165) is 11.1 Å². The van der Waals surface area contributed by atoms with Crippen molar-refractivity contribution in [2.45, 2.75) is 6.54 Å². The summed E-state index contributed by atoms with van der Waals surface area (Å²) in [4.78, 5) is 22.9. The van der Waals surface area contributed by atoms with Crippen molar-refractivity contribution in [3.05, 3.63) is 77.4 Å². The molecule has 0 aliphatic heterocycles. The molecule has 0 unspecified atom stereocenters. The molecule has 6 nitrogen and oxygen atoms in total. The van der Waals surface area contributed by atoms with E-state index in [0.29, 0.717) is 12.1 Å². The number of nitrogens with one attached hydrogen (secondary N) is 1. The molecule has 0 bridgehead atoms. The van der Waals surface area contributed by atoms with Crippen LogP contribution in [0.2, 0.25) is 0 Å². The standard InChI is InChI=1S/C19H19N3O3/c1-3-14-4-6-16(7-5-14)13-22(19(25)20-2)21-12-15-8-10-17(11-9-15)18(23)24/h3-12H,1,13H2,2H3,(H,20,25)(H,23,24)/b21-12+. The first-order valence-corrected chi connectivity index (χ1v) is 7.61. The first kappa shape index (κ1) is 17.9. The second kappa shape index (κ2) is 8.44. The quantitative estimate of drug-likeness (QED) is 0.627. The number of carboxylic acid groups (broad SMARTS) is 1. The lowest BCUT2D eigenvalue weighted by Gasteiger charge is -2.16. The summed E-state index contributed by atoms with van der Waals surface area (Å²) in [6, 6.07) is 13.5. The van der Waals surface area contributed by atoms with E-state index in [9.17, 15) is 9.59 Å². The third-order valence-electron chi connectivity index (χ3n) is 3.50. The summed E-state index contributed by atoms with van der Waals surface area (Å²) in [6.45, 7) is 4.01. The van der Waals surface area contributed by atoms with Gasteiger partial charge in [-0.3, -0.25) is 0 Å². The summed E-state index contributed by atoms with van der Waals surface area (Å²) < 4.78 is 0. The molecule has 128 valence electrons. The number of hydrazone groups is 1. The van der Waals surface area contributed by atoms with Gasteiger partial charge in [-0.2, -0.15) is 5.10 Å². The number of carboxylic acids is 1. The number of benzene rings is 2. The van der Waals surface area contributed by atoms with Crippen molar-refractivity contribution >= 4 is 24.3 Å². The van der Waals surface area contributed by atoms with Gasteiger partial charge in [0.25, 0.3) is 0 Å². The predicted octanol–water partition coefficient (Wildman–Crippen LogP) is 3.20. The molecular weight excluding hydrogens is 318 g/mol. The molecule has 2 N–H and O–H groups in total. The Morgan fingerprint density at radius 2 is 1.72 bits per heavy atom. The van der Waals surface area contributed by atoms with Gasteiger partial charge < -0.3 is 10.4 Å². The molecule has 0 spiro atoms. The molecule has 6 heteroatoms. The normalized spacial score (nSPS) is 10.4. The molecule has 0 aliphatic rings. The highest BCUT2D eigenvalue weighted by atomic mass is 16.4. The number of carbonyl (C=O) groups excluding carboxylic acids is 1. The number of carbonyl (C=O) groups is 2. The summed E-state index contributed by atoms with van der Waals surface area (Å²) in [5.74, 6) is -0.988. The Balaban J connectivity index is 2.14. The highest BCUT2D eigenvalue weighted by Crippen LogP contribution is 2.10. The van der Waals surface area contributed by atoms with E-state index in [1.165, 1.54) is 30.4 Å². The molecular formula is C19H19N3O3. The van der Waals surface area contributed by atoms with Crippen LogP contribution in [-0.2, 0) is 6.54 Å². The number of hydrogen-bond donors (Lipinski definition) is 2. The molecule has 0 fully saturated rings. The van der Waals surface area contributed by atoms with E-state index < -0.39 is 5.97 Å². The predicted molar refractivity (Wildman–Crippen MR) is 97.5 cm³/mol. The third kappa shape index (κ3) is 5.04. The van der Waals surface area contributed by atoms with Gasteiger partial charge in [-0.15, -0.1) is 0 Å². The largest absolute Gasteiger partial charge is 0.478 e. The van der Waals surface area contributed by atoms with Crippen LogP contribution in [0.5, 0.6) is 0 Å². The van der Waals surface area contributed by atoms with Gasteiger partial charge in [0.05, 0.1) is 18.3 Å². The maximum Gasteiger partial charge on any atom is 0.337 e. The molecule has 0 radical (unpaired) electrons. The average Bonchev–Trinajstić information content (AvgIpc) is 2.65. The van der Waals surface area contributed by atoms with Crippen molar-refractivity contribution in [2.75, 3.05) is 7.05 Å². The Bertz CT molecular complexity index is 781. The minimum atomic E-state index is -0.988. The van der Waals surface area contributed by atoms with Gasteiger partial charge >= 0.3 is 12.0 Å². The Morgan fingerprint density at radius 1 is 1.12 bits per heavy atom. The Morgan fingerprint density at radius 3 is 2.24 bits per heavy atom. The summed E-state index contributed by atoms with van der Waals surface area (Å²) in [7, 11) is 1.54. The van der Waals surface area contributed by atoms with Gasteiger partial charge in [-0.05, 0) is 28.8 Å². The molecule has 0 saturated carbocycles. The van der Waals surface area contributed by atoms with E-state index in [1.54, 1.807) is 18.2 Å². The van der Waals surface area contributed by atoms with Gasteiger partial charge in [0.1, 0.15) is 0 Å². The Kier molecular flexibility index (Phi) is 6.06. The first-order valence-electron chi connectivity index (χ1n) is 7.61. The van der Waals surface area contributed by atoms with Gasteiger partial charge in [-0.1, -0.05) is 49.1 Å². The molecule has 2 rings (SSSR count). The molecule has 2 aromatic rings. The van der Waals surface area contributed by atoms with Gasteiger partial charge in [0, 0.05) is 7.05 Å². The lowest BCUT2D eigenvalue weighted by Crippen LogP contribution is -2.33. The Hall–Kier alpha value is -3.41. The van der Waals surface area contributed by atoms with Gasteiger partial charge in [0.15, 0.2) is 0 Å². The van der Waals surface area contributed by atoms with Crippen LogP contribution in [0.4, 0.5) is 4.79 Å². The van der Waals surface area contributed by atoms with Crippen LogP contribution in [0, 0.1) is 0 Å². The van der Waals surface area contributed by atoms with Crippen LogP contribution in [0.15, 0.2) is 60.2 Å². The van der Waals surface area contributed by atoms with Crippen molar-refractivity contribution in [1.29, 1.82) is 0 Å². The molecule has 25 heavy (non-hydrogen) atoms. The van der Waals surface area contributed by atoms with Crippen molar-refractivity contribution < 1.29 is 14.7 Å². The lowest BCUT2D eigenvalue weighted by molar-refractivity contribution is 0.0697. The van der Waals surface area contributed by atoms with Crippen molar-refractivity contribution in [1.82, 2.24) is 10.3 Å². The topological polar surface area (TPSA) is 82.0 Å². The second-order valence-corrected chi connectivity index (χ2v) is 5.23. The number of aromatic carboxylic acids is 1. The zero-order valence-electron chi connectivity index (χ0n) is 13.8. The van der Waals surface area contributed by atoms with Crippen LogP contribution in [0.1, 0.15) is 27.0 Å². The lowest BCUT2D eigenvalue weighted by atomic mass is 10.1. The van der Waals surface area contributed by atoms with E-state index in [-0.39, 0.29) is 11.6 Å². The van der Waals surface area contributed by atoms with E-state index in [1.807, 2.05) is 24.3 Å². The minimum Gasteiger partial charge on any atom is -0.478 e. The summed E-state index contributed by atoms with van der Waals surface area (Å²) in [5.41, 5.74) is 2.81. The van der Waals surface area contributed by atoms with Crippen LogP contribution < -0.4 is 5.32 Å². The molecule has 0 aromatic heterocycles. The van der Waals surface area contributed by atoms with Crippen LogP contribution in [-0.4, -0.2) is 35.4 Å². The number of urea groups is 1. The average molecular weight is 337 g/mol. The highest BCUT2D eigenvalue weighted by molar-refractivity contribution is 5.89. The third-order valence-corrected chi connectivity index (χ3v) is 3.50. The van der Waals surface area contributed by atoms with Crippen molar-refractivity contribution in [3.8, 4) is 0 Å². The summed E-state index contributed by atoms with van der Waals surface area (Å²) in [5, 5.41) is 17.0. The van der Waals surface area contributed by atoms with E-state index >= 15 is 0 Å². The zero-order chi connectivity index (χ0) is 18.2. The summed E-state index contributed by atoms with van der Waals surface area (Å²) in [6.07, 6.45) is 3.26. The van der Waals surface area contributed by atoms with Crippen LogP contribution >= 0.6 is 0 Å². The molecule has 2 aromatic carbocycles. The molecule has 2 amide bonds. The molecule has 0 atom stereocenters. The molecule has 0 saturated heterocycles. The SMILES string of the molecule is C=Cc1ccc(CN(/N=C/c2ccc(C(=O)O)cc2)C(=O)NC)cc1. The number of rotatable bonds is 6. The number of amides is 2. The zero-order valence-corrected chi connectivity index (χ0v) is 13.8. The smallest absolute Gasteiger partial charge is 0.337 e. The fourth-order valence-corrected chi connectivity index (χ4v) is 2.07. The maximum absolute atomic E-state index is 12.0. The maximum atomic E-state index is 12.0. The Labute approximate surface area is 146 Å². The highest BCUT2D eigenvalue weighted by Gasteiger charge is 2.11. The van der Waals surface area contributed by atoms with Crippen molar-refractivity contribution in [2.24, 2.45) is 5.10 Å². The monoisotopic (exact) mass is 337 g/mol. The number of hydrogen-bond acceptors (Lipinski definition) is 3. The van der Waals surface area contributed by atoms with Gasteiger partial charge in [0.2, 0.25) is 0 Å². The van der Waals surface area contributed by atoms with E-state index in [4.69, 9.17) is 5.11 Å². The minimum absolute atomic E-state index is 0.197. The van der Waals surface area contributed by atoms with Gasteiger partial charge in [-0.25, -0.2) is 14.6 Å². The second-order valence-electron chi connectivity index (χ2n) is 5.23. The fraction of sp³-hybridized carbons (Fsp3) is 0.105. The molecule has 0 aliphatic carbocycles. The van der Waals surface area contributed by atoms with E-state index in [2.05, 4.69) is 17.0 Å². The van der Waals surface area contributed by atoms with Crippen molar-refractivity contribution in [3.63, 3.8) is 0 Å². The van der Waals surface area contributed by atoms with Crippen LogP contribution in [0.25, 0.3) is 6.08 Å². The first-order chi connectivity index (χ1) is 12.0. The fourth-order valence-electron chi connectivity index (χ4n) is 2.07. The van der Waals surface area contributed by atoms with Crippen LogP contribution in [0.3, 0.4) is 0 Å².